The van der Waals surface area contributed by atoms with Gasteiger partial charge >= 0.3 is 6.18 Å². The molecule has 0 spiro atoms. The molecule has 14 aromatic carbocycles. The molecular weight excluding hydrogens is 1190 g/mol. The Kier molecular flexibility index (Phi) is 11.3. The molecule has 0 aliphatic carbocycles. The van der Waals surface area contributed by atoms with Gasteiger partial charge in [0.2, 0.25) is 0 Å². The first-order valence-corrected chi connectivity index (χ1v) is 32.1. The van der Waals surface area contributed by atoms with Crippen LogP contribution >= 0.6 is 0 Å². The summed E-state index contributed by atoms with van der Waals surface area (Å²) in [5, 5.41) is 24.9. The lowest BCUT2D eigenvalue weighted by Crippen LogP contribution is -2.09. The van der Waals surface area contributed by atoms with E-state index in [9.17, 15) is 5.26 Å². The number of aromatic nitrogens is 6. The number of rotatable bonds is 7. The summed E-state index contributed by atoms with van der Waals surface area (Å²) in [4.78, 5) is 0. The largest absolute Gasteiger partial charge is 0.417 e. The van der Waals surface area contributed by atoms with Crippen LogP contribution < -0.4 is 0 Å². The fourth-order valence-corrected chi connectivity index (χ4v) is 16.1. The fraction of sp³-hybridized carbons (Fsp3) is 0.0116. The van der Waals surface area contributed by atoms with E-state index in [-0.39, 0.29) is 11.1 Å². The number of nitriles is 1. The second-order valence-corrected chi connectivity index (χ2v) is 25.0. The lowest BCUT2D eigenvalue weighted by atomic mass is 9.96. The van der Waals surface area contributed by atoms with Crippen molar-refractivity contribution in [2.24, 2.45) is 0 Å². The van der Waals surface area contributed by atoms with E-state index in [1.165, 1.54) is 6.07 Å². The summed E-state index contributed by atoms with van der Waals surface area (Å²) < 4.78 is 60.8. The highest BCUT2D eigenvalue weighted by Gasteiger charge is 2.35. The number of hydrogen-bond acceptors (Lipinski definition) is 1. The minimum atomic E-state index is -4.72. The minimum Gasteiger partial charge on any atom is -0.309 e. The maximum atomic E-state index is 15.8. The van der Waals surface area contributed by atoms with Crippen molar-refractivity contribution in [3.63, 3.8) is 0 Å². The van der Waals surface area contributed by atoms with Gasteiger partial charge < -0.3 is 27.4 Å². The van der Waals surface area contributed by atoms with Crippen LogP contribution in [0.25, 0.3) is 176 Å². The van der Waals surface area contributed by atoms with Crippen LogP contribution in [0, 0.1) is 11.3 Å². The lowest BCUT2D eigenvalue weighted by molar-refractivity contribution is -0.137. The quantitative estimate of drug-likeness (QED) is 0.157. The van der Waals surface area contributed by atoms with E-state index in [0.717, 1.165) is 160 Å². The van der Waals surface area contributed by atoms with Crippen molar-refractivity contribution in [3.8, 4) is 51.3 Å². The van der Waals surface area contributed by atoms with E-state index >= 15 is 13.2 Å². The Morgan fingerprint density at radius 2 is 0.469 bits per heavy atom. The predicted octanol–water partition coefficient (Wildman–Crippen LogP) is 22.8. The van der Waals surface area contributed by atoms with Crippen molar-refractivity contribution in [1.29, 1.82) is 5.26 Å². The highest BCUT2D eigenvalue weighted by atomic mass is 19.4. The van der Waals surface area contributed by atoms with Crippen molar-refractivity contribution in [2.45, 2.75) is 6.18 Å². The SMILES string of the molecule is N#Cc1c(-n2c3ccc(-n4c5ccccc5c5ccccc54)cc3c3cc(-n4c5ccccc5c5ccccc54)ccc32)cc(-c2ccccc2C(F)(F)F)cc1-n1c2ccc(-n3c4ccccc4c4ccccc43)cc2c2cc(-n3c4ccccc4c4ccccc43)ccc21. The second-order valence-electron chi connectivity index (χ2n) is 25.0. The van der Waals surface area contributed by atoms with Gasteiger partial charge in [-0.25, -0.2) is 0 Å². The molecule has 6 heterocycles. The van der Waals surface area contributed by atoms with Crippen molar-refractivity contribution in [1.82, 2.24) is 27.4 Å². The zero-order valence-corrected chi connectivity index (χ0v) is 51.1. The number of para-hydroxylation sites is 8. The van der Waals surface area contributed by atoms with Gasteiger partial charge in [-0.2, -0.15) is 18.4 Å². The first-order chi connectivity index (χ1) is 47.3. The number of benzene rings is 14. The Hall–Kier alpha value is -12.8. The molecule has 0 saturated heterocycles. The van der Waals surface area contributed by atoms with Crippen LogP contribution in [0.3, 0.4) is 0 Å². The Labute approximate surface area is 545 Å². The third-order valence-electron chi connectivity index (χ3n) is 20.1. The summed E-state index contributed by atoms with van der Waals surface area (Å²) in [5.74, 6) is 0. The van der Waals surface area contributed by atoms with Crippen LogP contribution in [0.15, 0.2) is 303 Å². The van der Waals surface area contributed by atoms with E-state index < -0.39 is 11.7 Å². The van der Waals surface area contributed by atoms with Crippen LogP contribution in [0.4, 0.5) is 13.2 Å². The minimum absolute atomic E-state index is 0.0110. The first kappa shape index (κ1) is 53.8. The molecule has 0 amide bonds. The maximum absolute atomic E-state index is 15.8. The van der Waals surface area contributed by atoms with Gasteiger partial charge in [0.25, 0.3) is 0 Å². The average molecular weight is 1240 g/mol. The summed E-state index contributed by atoms with van der Waals surface area (Å²) in [5.41, 5.74) is 15.8. The zero-order valence-electron chi connectivity index (χ0n) is 51.1. The van der Waals surface area contributed by atoms with Crippen molar-refractivity contribution in [3.05, 3.63) is 314 Å². The lowest BCUT2D eigenvalue weighted by Gasteiger charge is -2.20. The molecule has 0 atom stereocenters. The molecule has 0 aliphatic heterocycles. The molecular formula is C86H50F3N7. The van der Waals surface area contributed by atoms with Gasteiger partial charge in [0.15, 0.2) is 0 Å². The molecule has 7 nitrogen and oxygen atoms in total. The third kappa shape index (κ3) is 7.59. The van der Waals surface area contributed by atoms with Crippen LogP contribution in [0.5, 0.6) is 0 Å². The summed E-state index contributed by atoms with van der Waals surface area (Å²) in [6.07, 6.45) is -4.72. The molecule has 20 rings (SSSR count). The Bertz CT molecular complexity index is 5870. The Balaban J connectivity index is 0.906. The number of alkyl halides is 3. The zero-order chi connectivity index (χ0) is 63.7. The van der Waals surface area contributed by atoms with E-state index in [1.54, 1.807) is 24.3 Å². The number of hydrogen-bond donors (Lipinski definition) is 0. The van der Waals surface area contributed by atoms with Crippen molar-refractivity contribution >= 4 is 131 Å². The van der Waals surface area contributed by atoms with Crippen LogP contribution in [-0.2, 0) is 6.18 Å². The van der Waals surface area contributed by atoms with E-state index in [4.69, 9.17) is 0 Å². The predicted molar refractivity (Wildman–Crippen MR) is 388 cm³/mol. The van der Waals surface area contributed by atoms with Gasteiger partial charge in [0, 0.05) is 87.4 Å². The van der Waals surface area contributed by atoms with Gasteiger partial charge in [0.1, 0.15) is 11.6 Å². The van der Waals surface area contributed by atoms with Crippen LogP contribution in [0.1, 0.15) is 11.1 Å². The van der Waals surface area contributed by atoms with Crippen LogP contribution in [0.2, 0.25) is 0 Å². The number of fused-ring (bicyclic) bond motifs is 18. The molecule has 0 aliphatic rings. The van der Waals surface area contributed by atoms with Gasteiger partial charge in [-0.3, -0.25) is 0 Å². The maximum Gasteiger partial charge on any atom is 0.417 e. The first-order valence-electron chi connectivity index (χ1n) is 32.1. The monoisotopic (exact) mass is 1240 g/mol. The smallest absolute Gasteiger partial charge is 0.309 e. The van der Waals surface area contributed by atoms with Crippen LogP contribution in [-0.4, -0.2) is 27.4 Å². The highest BCUT2D eigenvalue weighted by molar-refractivity contribution is 6.17. The molecule has 0 N–H and O–H groups in total. The topological polar surface area (TPSA) is 53.4 Å². The number of halogens is 3. The van der Waals surface area contributed by atoms with Gasteiger partial charge in [-0.1, -0.05) is 164 Å². The fourth-order valence-electron chi connectivity index (χ4n) is 16.1. The molecule has 450 valence electrons. The molecule has 0 bridgehead atoms. The van der Waals surface area contributed by atoms with Gasteiger partial charge in [-0.05, 0) is 151 Å². The normalized spacial score (nSPS) is 12.3. The summed E-state index contributed by atoms with van der Waals surface area (Å²) >= 11 is 0. The molecule has 20 aromatic rings. The number of nitrogens with zero attached hydrogens (tertiary/aromatic N) is 7. The van der Waals surface area contributed by atoms with E-state index in [2.05, 4.69) is 300 Å². The molecule has 6 aromatic heterocycles. The second kappa shape index (κ2) is 20.1. The molecule has 96 heavy (non-hydrogen) atoms. The van der Waals surface area contributed by atoms with Gasteiger partial charge in [0.05, 0.1) is 83.1 Å². The van der Waals surface area contributed by atoms with Gasteiger partial charge in [-0.15, -0.1) is 0 Å². The molecule has 0 radical (unpaired) electrons. The molecule has 0 fully saturated rings. The summed E-state index contributed by atoms with van der Waals surface area (Å²) in [6, 6.07) is 106. The molecule has 0 unspecified atom stereocenters. The Morgan fingerprint density at radius 3 is 0.719 bits per heavy atom. The Morgan fingerprint density at radius 1 is 0.240 bits per heavy atom. The molecule has 10 heteroatoms. The van der Waals surface area contributed by atoms with Crippen molar-refractivity contribution < 1.29 is 13.2 Å². The highest BCUT2D eigenvalue weighted by Crippen LogP contribution is 2.47. The van der Waals surface area contributed by atoms with E-state index in [1.807, 2.05) is 0 Å². The summed E-state index contributed by atoms with van der Waals surface area (Å²) in [7, 11) is 0. The molecule has 0 saturated carbocycles. The van der Waals surface area contributed by atoms with E-state index in [0.29, 0.717) is 16.9 Å². The van der Waals surface area contributed by atoms with Crippen molar-refractivity contribution in [2.75, 3.05) is 0 Å². The standard InChI is InChI=1S/C86H50F3N7/c87-86(88,89)71-28-10-1-19-57(71)52-45-84(95-80-41-37-53(91-72-29-11-2-20-58(72)59-21-3-12-30-73(59)91)47-66(80)67-48-54(38-42-81(67)95)92-74-31-13-4-22-60(74)61-23-5-14-32-75(61)92)70(51-90)85(46-52)96-82-43-39-55(93-76-33-15-6-24-62(76)63-25-7-16-34-77(63)93)49-68(82)69-50-56(40-44-83(69)96)94-78-35-17-8-26-64(78)65-27-9-18-36-79(65)94/h1-50H. The average Bonchev–Trinajstić information content (AvgIpc) is 1.53. The summed E-state index contributed by atoms with van der Waals surface area (Å²) in [6.45, 7) is 0. The third-order valence-corrected chi connectivity index (χ3v) is 20.1.